The van der Waals surface area contributed by atoms with Crippen LogP contribution in [0.3, 0.4) is 0 Å². The molecule has 0 bridgehead atoms. The summed E-state index contributed by atoms with van der Waals surface area (Å²) in [6.07, 6.45) is -0.387. The zero-order valence-corrected chi connectivity index (χ0v) is 14.6. The molecule has 6 nitrogen and oxygen atoms in total. The largest absolute Gasteiger partial charge is 0.449 e. The maximum Gasteiger partial charge on any atom is 0.344 e. The average Bonchev–Trinajstić information content (AvgIpc) is 2.90. The van der Waals surface area contributed by atoms with E-state index < -0.39 is 12.1 Å². The van der Waals surface area contributed by atoms with Crippen molar-refractivity contribution in [1.82, 2.24) is 5.16 Å². The highest BCUT2D eigenvalue weighted by Gasteiger charge is 2.25. The summed E-state index contributed by atoms with van der Waals surface area (Å²) < 4.78 is 10.3. The van der Waals surface area contributed by atoms with E-state index in [0.29, 0.717) is 29.1 Å². The zero-order valence-electron chi connectivity index (χ0n) is 14.6. The molecule has 0 saturated heterocycles. The van der Waals surface area contributed by atoms with Crippen LogP contribution in [-0.4, -0.2) is 23.1 Å². The number of carbonyl (C=O) groups excluding carboxylic acids is 2. The highest BCUT2D eigenvalue weighted by molar-refractivity contribution is 5.98. The van der Waals surface area contributed by atoms with E-state index in [1.54, 1.807) is 6.92 Å². The molecule has 1 atom stereocenters. The Morgan fingerprint density at radius 1 is 1.29 bits per heavy atom. The molecule has 6 heteroatoms. The quantitative estimate of drug-likeness (QED) is 0.850. The van der Waals surface area contributed by atoms with Crippen molar-refractivity contribution in [1.29, 1.82) is 0 Å². The van der Waals surface area contributed by atoms with Gasteiger partial charge in [0, 0.05) is 5.69 Å². The summed E-state index contributed by atoms with van der Waals surface area (Å²) in [5.41, 5.74) is 3.58. The lowest BCUT2D eigenvalue weighted by Crippen LogP contribution is -2.30. The summed E-state index contributed by atoms with van der Waals surface area (Å²) in [6, 6.07) is 5.71. The molecule has 0 aliphatic rings. The van der Waals surface area contributed by atoms with Crippen LogP contribution in [0, 0.1) is 20.8 Å². The van der Waals surface area contributed by atoms with Gasteiger partial charge in [0.2, 0.25) is 0 Å². The second-order valence-electron chi connectivity index (χ2n) is 5.77. The third-order valence-electron chi connectivity index (χ3n) is 3.77. The van der Waals surface area contributed by atoms with Crippen molar-refractivity contribution in [3.05, 3.63) is 46.3 Å². The minimum absolute atomic E-state index is 0.295. The summed E-state index contributed by atoms with van der Waals surface area (Å²) in [6.45, 7) is 8.93. The van der Waals surface area contributed by atoms with E-state index in [0.717, 1.165) is 11.1 Å². The van der Waals surface area contributed by atoms with E-state index in [9.17, 15) is 9.59 Å². The van der Waals surface area contributed by atoms with Gasteiger partial charge in [-0.15, -0.1) is 0 Å². The van der Waals surface area contributed by atoms with Crippen molar-refractivity contribution in [2.75, 3.05) is 5.32 Å². The summed E-state index contributed by atoms with van der Waals surface area (Å²) in [4.78, 5) is 24.5. The van der Waals surface area contributed by atoms with Gasteiger partial charge in [0.15, 0.2) is 6.10 Å². The van der Waals surface area contributed by atoms with Gasteiger partial charge in [-0.3, -0.25) is 4.79 Å². The highest BCUT2D eigenvalue weighted by Crippen LogP contribution is 2.18. The zero-order chi connectivity index (χ0) is 17.9. The normalized spacial score (nSPS) is 11.9. The van der Waals surface area contributed by atoms with Crippen molar-refractivity contribution >= 4 is 17.6 Å². The summed E-state index contributed by atoms with van der Waals surface area (Å²) in [7, 11) is 0. The number of amides is 1. The van der Waals surface area contributed by atoms with E-state index in [1.165, 1.54) is 6.92 Å². The summed E-state index contributed by atoms with van der Waals surface area (Å²) >= 11 is 0. The van der Waals surface area contributed by atoms with Gasteiger partial charge in [0.1, 0.15) is 11.3 Å². The number of benzene rings is 1. The Balaban J connectivity index is 2.06. The molecular formula is C18H22N2O4. The van der Waals surface area contributed by atoms with Crippen LogP contribution < -0.4 is 5.32 Å². The predicted molar refractivity (Wildman–Crippen MR) is 90.0 cm³/mol. The van der Waals surface area contributed by atoms with E-state index in [-0.39, 0.29) is 5.91 Å². The van der Waals surface area contributed by atoms with Gasteiger partial charge >= 0.3 is 5.97 Å². The fourth-order valence-corrected chi connectivity index (χ4v) is 2.38. The maximum atomic E-state index is 12.3. The van der Waals surface area contributed by atoms with Crippen molar-refractivity contribution < 1.29 is 18.8 Å². The van der Waals surface area contributed by atoms with E-state index in [2.05, 4.69) is 10.5 Å². The Morgan fingerprint density at radius 3 is 2.62 bits per heavy atom. The van der Waals surface area contributed by atoms with Gasteiger partial charge in [-0.2, -0.15) is 0 Å². The molecule has 1 aromatic carbocycles. The van der Waals surface area contributed by atoms with Gasteiger partial charge in [-0.05, 0) is 45.7 Å². The summed E-state index contributed by atoms with van der Waals surface area (Å²) in [5, 5.41) is 6.59. The molecule has 0 aliphatic carbocycles. The molecule has 0 spiro atoms. The lowest BCUT2D eigenvalue weighted by molar-refractivity contribution is -0.123. The minimum atomic E-state index is -0.933. The lowest BCUT2D eigenvalue weighted by Gasteiger charge is -2.15. The monoisotopic (exact) mass is 330 g/mol. The van der Waals surface area contributed by atoms with Crippen molar-refractivity contribution in [2.24, 2.45) is 0 Å². The van der Waals surface area contributed by atoms with Crippen molar-refractivity contribution in [3.63, 3.8) is 0 Å². The number of hydrogen-bond donors (Lipinski definition) is 1. The van der Waals surface area contributed by atoms with Crippen LogP contribution in [0.1, 0.15) is 46.8 Å². The molecule has 1 heterocycles. The van der Waals surface area contributed by atoms with Gasteiger partial charge in [0.25, 0.3) is 5.91 Å². The number of esters is 1. The number of ether oxygens (including phenoxy) is 1. The standard InChI is InChI=1S/C18H22N2O4/c1-6-14-16(12(4)24-20-14)18(22)23-13(5)17(21)19-15-8-7-10(2)9-11(15)3/h7-9,13H,6H2,1-5H3,(H,19,21)/t13-/m1/s1. The Kier molecular flexibility index (Phi) is 5.39. The molecule has 2 rings (SSSR count). The molecule has 0 unspecified atom stereocenters. The lowest BCUT2D eigenvalue weighted by atomic mass is 10.1. The highest BCUT2D eigenvalue weighted by atomic mass is 16.5. The third kappa shape index (κ3) is 3.82. The molecule has 24 heavy (non-hydrogen) atoms. The van der Waals surface area contributed by atoms with Crippen LogP contribution >= 0.6 is 0 Å². The second-order valence-corrected chi connectivity index (χ2v) is 5.77. The van der Waals surface area contributed by atoms with Gasteiger partial charge in [-0.1, -0.05) is 29.8 Å². The molecule has 1 aromatic heterocycles. The fourth-order valence-electron chi connectivity index (χ4n) is 2.38. The number of anilines is 1. The molecule has 0 fully saturated rings. The summed E-state index contributed by atoms with van der Waals surface area (Å²) in [5.74, 6) is -0.602. The Hall–Kier alpha value is -2.63. The average molecular weight is 330 g/mol. The number of aryl methyl sites for hydroxylation is 4. The number of carbonyl (C=O) groups is 2. The third-order valence-corrected chi connectivity index (χ3v) is 3.77. The van der Waals surface area contributed by atoms with Crippen LogP contribution in [0.25, 0.3) is 0 Å². The van der Waals surface area contributed by atoms with Crippen LogP contribution in [0.2, 0.25) is 0 Å². The van der Waals surface area contributed by atoms with Crippen LogP contribution in [0.5, 0.6) is 0 Å². The number of hydrogen-bond acceptors (Lipinski definition) is 5. The van der Waals surface area contributed by atoms with Crippen LogP contribution in [-0.2, 0) is 16.0 Å². The number of rotatable bonds is 5. The molecule has 2 aromatic rings. The van der Waals surface area contributed by atoms with Gasteiger partial charge < -0.3 is 14.6 Å². The Morgan fingerprint density at radius 2 is 2.00 bits per heavy atom. The molecule has 1 amide bonds. The Bertz CT molecular complexity index is 764. The molecule has 128 valence electrons. The predicted octanol–water partition coefficient (Wildman–Crippen LogP) is 3.35. The SMILES string of the molecule is CCc1noc(C)c1C(=O)O[C@H](C)C(=O)Nc1ccc(C)cc1C. The van der Waals surface area contributed by atoms with Crippen molar-refractivity contribution in [3.8, 4) is 0 Å². The smallest absolute Gasteiger partial charge is 0.344 e. The first-order valence-corrected chi connectivity index (χ1v) is 7.87. The van der Waals surface area contributed by atoms with Gasteiger partial charge in [-0.25, -0.2) is 4.79 Å². The first kappa shape index (κ1) is 17.7. The number of aromatic nitrogens is 1. The Labute approximate surface area is 141 Å². The number of nitrogens with one attached hydrogen (secondary N) is 1. The molecule has 1 N–H and O–H groups in total. The first-order chi connectivity index (χ1) is 11.3. The van der Waals surface area contributed by atoms with Gasteiger partial charge in [0.05, 0.1) is 5.69 Å². The van der Waals surface area contributed by atoms with E-state index >= 15 is 0 Å². The fraction of sp³-hybridized carbons (Fsp3) is 0.389. The minimum Gasteiger partial charge on any atom is -0.449 e. The van der Waals surface area contributed by atoms with Crippen LogP contribution in [0.4, 0.5) is 5.69 Å². The number of nitrogens with zero attached hydrogens (tertiary/aromatic N) is 1. The van der Waals surface area contributed by atoms with E-state index in [4.69, 9.17) is 9.26 Å². The molecule has 0 saturated carbocycles. The van der Waals surface area contributed by atoms with Crippen LogP contribution in [0.15, 0.2) is 22.7 Å². The van der Waals surface area contributed by atoms with Crippen molar-refractivity contribution in [2.45, 2.75) is 47.1 Å². The maximum absolute atomic E-state index is 12.3. The molecule has 0 radical (unpaired) electrons. The molecule has 0 aliphatic heterocycles. The molecular weight excluding hydrogens is 308 g/mol. The first-order valence-electron chi connectivity index (χ1n) is 7.87. The van der Waals surface area contributed by atoms with E-state index in [1.807, 2.05) is 39.0 Å². The second kappa shape index (κ2) is 7.29. The topological polar surface area (TPSA) is 81.4 Å².